The summed E-state index contributed by atoms with van der Waals surface area (Å²) in [6.45, 7) is 2.40. The molecule has 0 bridgehead atoms. The van der Waals surface area contributed by atoms with Gasteiger partial charge in [0, 0.05) is 36.3 Å². The predicted molar refractivity (Wildman–Crippen MR) is 110 cm³/mol. The molecule has 148 valence electrons. The van der Waals surface area contributed by atoms with Gasteiger partial charge in [-0.05, 0) is 61.7 Å². The van der Waals surface area contributed by atoms with Crippen LogP contribution in [0.5, 0.6) is 0 Å². The largest absolute Gasteiger partial charge is 0.309 e. The Balaban J connectivity index is 1.43. The average Bonchev–Trinajstić information content (AvgIpc) is 3.05. The van der Waals surface area contributed by atoms with Crippen molar-refractivity contribution in [3.8, 4) is 11.3 Å². The van der Waals surface area contributed by atoms with Gasteiger partial charge in [0.15, 0.2) is 0 Å². The fraction of sp³-hybridized carbons (Fsp3) is 0.261. The lowest BCUT2D eigenvalue weighted by Gasteiger charge is -2.22. The third kappa shape index (κ3) is 3.97. The van der Waals surface area contributed by atoms with Gasteiger partial charge in [-0.3, -0.25) is 9.59 Å². The van der Waals surface area contributed by atoms with Gasteiger partial charge in [-0.2, -0.15) is 5.10 Å². The SMILES string of the molecule is C[C@@H]1Cc2ccccc2N1C(=O)CCCn1nc(-c2ccc(F)cc2)ccc1=O. The average molecular weight is 391 g/mol. The molecule has 2 aromatic carbocycles. The molecular formula is C23H22FN3O2. The Hall–Kier alpha value is -3.28. The van der Waals surface area contributed by atoms with Crippen molar-refractivity contribution in [3.63, 3.8) is 0 Å². The zero-order valence-corrected chi connectivity index (χ0v) is 16.2. The Morgan fingerprint density at radius 3 is 2.66 bits per heavy atom. The van der Waals surface area contributed by atoms with E-state index >= 15 is 0 Å². The van der Waals surface area contributed by atoms with E-state index in [4.69, 9.17) is 0 Å². The van der Waals surface area contributed by atoms with Crippen molar-refractivity contribution in [1.29, 1.82) is 0 Å². The Morgan fingerprint density at radius 2 is 1.86 bits per heavy atom. The van der Waals surface area contributed by atoms with Crippen LogP contribution in [0, 0.1) is 5.82 Å². The van der Waals surface area contributed by atoms with E-state index in [1.807, 2.05) is 23.1 Å². The number of carbonyl (C=O) groups is 1. The maximum atomic E-state index is 13.1. The van der Waals surface area contributed by atoms with Gasteiger partial charge < -0.3 is 4.90 Å². The first kappa shape index (κ1) is 19.1. The van der Waals surface area contributed by atoms with Gasteiger partial charge in [-0.1, -0.05) is 18.2 Å². The monoisotopic (exact) mass is 391 g/mol. The second-order valence-corrected chi connectivity index (χ2v) is 7.34. The minimum Gasteiger partial charge on any atom is -0.309 e. The minimum absolute atomic E-state index is 0.0604. The van der Waals surface area contributed by atoms with Gasteiger partial charge in [0.25, 0.3) is 5.56 Å². The van der Waals surface area contributed by atoms with Crippen molar-refractivity contribution in [3.05, 3.63) is 82.4 Å². The molecule has 0 saturated carbocycles. The van der Waals surface area contributed by atoms with Crippen LogP contribution in [0.2, 0.25) is 0 Å². The number of carbonyl (C=O) groups excluding carboxylic acids is 1. The summed E-state index contributed by atoms with van der Waals surface area (Å²) < 4.78 is 14.5. The molecule has 1 aliphatic rings. The minimum atomic E-state index is -0.321. The number of amides is 1. The molecule has 1 amide bonds. The first-order valence-corrected chi connectivity index (χ1v) is 9.77. The summed E-state index contributed by atoms with van der Waals surface area (Å²) >= 11 is 0. The van der Waals surface area contributed by atoms with Crippen LogP contribution in [0.4, 0.5) is 10.1 Å². The van der Waals surface area contributed by atoms with Crippen molar-refractivity contribution in [2.24, 2.45) is 0 Å². The lowest BCUT2D eigenvalue weighted by Crippen LogP contribution is -2.35. The molecule has 2 heterocycles. The normalized spacial score (nSPS) is 15.4. The highest BCUT2D eigenvalue weighted by Gasteiger charge is 2.29. The van der Waals surface area contributed by atoms with E-state index < -0.39 is 0 Å². The van der Waals surface area contributed by atoms with E-state index in [1.54, 1.807) is 18.2 Å². The van der Waals surface area contributed by atoms with E-state index in [1.165, 1.54) is 28.4 Å². The van der Waals surface area contributed by atoms with Crippen molar-refractivity contribution in [2.75, 3.05) is 4.90 Å². The summed E-state index contributed by atoms with van der Waals surface area (Å²) in [6.07, 6.45) is 1.72. The molecule has 1 atom stereocenters. The van der Waals surface area contributed by atoms with Gasteiger partial charge in [0.05, 0.1) is 5.69 Å². The Labute approximate surface area is 168 Å². The number of para-hydroxylation sites is 1. The second-order valence-electron chi connectivity index (χ2n) is 7.34. The van der Waals surface area contributed by atoms with Crippen LogP contribution >= 0.6 is 0 Å². The lowest BCUT2D eigenvalue weighted by molar-refractivity contribution is -0.119. The molecule has 1 aromatic heterocycles. The third-order valence-electron chi connectivity index (χ3n) is 5.24. The second kappa shape index (κ2) is 7.99. The smallest absolute Gasteiger partial charge is 0.266 e. The van der Waals surface area contributed by atoms with Crippen LogP contribution in [0.3, 0.4) is 0 Å². The third-order valence-corrected chi connectivity index (χ3v) is 5.24. The molecule has 0 saturated heterocycles. The number of rotatable bonds is 5. The van der Waals surface area contributed by atoms with Crippen LogP contribution in [-0.4, -0.2) is 21.7 Å². The van der Waals surface area contributed by atoms with Gasteiger partial charge >= 0.3 is 0 Å². The van der Waals surface area contributed by atoms with Gasteiger partial charge in [0.1, 0.15) is 5.82 Å². The van der Waals surface area contributed by atoms with Crippen molar-refractivity contribution in [1.82, 2.24) is 9.78 Å². The maximum absolute atomic E-state index is 13.1. The number of hydrogen-bond donors (Lipinski definition) is 0. The number of fused-ring (bicyclic) bond motifs is 1. The predicted octanol–water partition coefficient (Wildman–Crippen LogP) is 3.81. The standard InChI is InChI=1S/C23H22FN3O2/c1-16-15-18-5-2-3-6-21(18)27(16)23(29)7-4-14-26-22(28)13-12-20(25-26)17-8-10-19(24)11-9-17/h2-3,5-6,8-13,16H,4,7,14-15H2,1H3/t16-/m1/s1. The van der Waals surface area contributed by atoms with Crippen LogP contribution in [0.25, 0.3) is 11.3 Å². The first-order chi connectivity index (χ1) is 14.0. The van der Waals surface area contributed by atoms with Gasteiger partial charge in [0.2, 0.25) is 5.91 Å². The number of anilines is 1. The van der Waals surface area contributed by atoms with E-state index in [9.17, 15) is 14.0 Å². The summed E-state index contributed by atoms with van der Waals surface area (Å²) in [4.78, 5) is 26.8. The topological polar surface area (TPSA) is 55.2 Å². The molecule has 0 unspecified atom stereocenters. The van der Waals surface area contributed by atoms with Crippen LogP contribution in [-0.2, 0) is 17.8 Å². The molecule has 0 fully saturated rings. The fourth-order valence-electron chi connectivity index (χ4n) is 3.83. The Kier molecular flexibility index (Phi) is 5.25. The highest BCUT2D eigenvalue weighted by atomic mass is 19.1. The van der Waals surface area contributed by atoms with Crippen LogP contribution < -0.4 is 10.5 Å². The van der Waals surface area contributed by atoms with E-state index in [-0.39, 0.29) is 23.3 Å². The molecule has 4 rings (SSSR count). The van der Waals surface area contributed by atoms with Gasteiger partial charge in [-0.15, -0.1) is 0 Å². The van der Waals surface area contributed by atoms with Crippen molar-refractivity contribution in [2.45, 2.75) is 38.8 Å². The summed E-state index contributed by atoms with van der Waals surface area (Å²) in [7, 11) is 0. The van der Waals surface area contributed by atoms with Crippen molar-refractivity contribution < 1.29 is 9.18 Å². The first-order valence-electron chi connectivity index (χ1n) is 9.77. The van der Waals surface area contributed by atoms with E-state index in [2.05, 4.69) is 18.1 Å². The maximum Gasteiger partial charge on any atom is 0.266 e. The number of nitrogens with zero attached hydrogens (tertiary/aromatic N) is 3. The number of aromatic nitrogens is 2. The van der Waals surface area contributed by atoms with Crippen LogP contribution in [0.1, 0.15) is 25.3 Å². The Bertz CT molecular complexity index is 1090. The summed E-state index contributed by atoms with van der Waals surface area (Å²) in [5, 5.41) is 4.37. The Morgan fingerprint density at radius 1 is 1.10 bits per heavy atom. The number of halogens is 1. The van der Waals surface area contributed by atoms with Crippen molar-refractivity contribution >= 4 is 11.6 Å². The lowest BCUT2D eigenvalue weighted by atomic mass is 10.1. The summed E-state index contributed by atoms with van der Waals surface area (Å²) in [5.74, 6) is -0.261. The molecule has 0 spiro atoms. The summed E-state index contributed by atoms with van der Waals surface area (Å²) in [6, 6.07) is 17.2. The summed E-state index contributed by atoms with van der Waals surface area (Å²) in [5.41, 5.74) is 3.29. The zero-order chi connectivity index (χ0) is 20.4. The number of aryl methyl sites for hydroxylation is 1. The zero-order valence-electron chi connectivity index (χ0n) is 16.2. The van der Waals surface area contributed by atoms with E-state index in [0.717, 1.165) is 17.7 Å². The molecule has 3 aromatic rings. The quantitative estimate of drug-likeness (QED) is 0.665. The number of benzene rings is 2. The molecule has 0 radical (unpaired) electrons. The number of hydrogen-bond acceptors (Lipinski definition) is 3. The molecule has 29 heavy (non-hydrogen) atoms. The molecule has 6 heteroatoms. The van der Waals surface area contributed by atoms with E-state index in [0.29, 0.717) is 25.1 Å². The molecule has 0 aliphatic carbocycles. The molecule has 5 nitrogen and oxygen atoms in total. The van der Waals surface area contributed by atoms with Crippen LogP contribution in [0.15, 0.2) is 65.5 Å². The highest BCUT2D eigenvalue weighted by molar-refractivity contribution is 5.96. The highest BCUT2D eigenvalue weighted by Crippen LogP contribution is 2.32. The van der Waals surface area contributed by atoms with Gasteiger partial charge in [-0.25, -0.2) is 9.07 Å². The fourth-order valence-corrected chi connectivity index (χ4v) is 3.83. The molecule has 0 N–H and O–H groups in total. The molecule has 1 aliphatic heterocycles. The molecular weight excluding hydrogens is 369 g/mol.